The van der Waals surface area contributed by atoms with E-state index in [0.29, 0.717) is 10.1 Å². The van der Waals surface area contributed by atoms with Gasteiger partial charge in [-0.3, -0.25) is 9.78 Å². The SMILES string of the molecule is O=C(c1cc(-c2ccncc2)on1)N1CCN(S(=O)(=O)c2ccc(Cl)s2)CC1. The number of thiophene rings is 1. The molecule has 1 amide bonds. The molecule has 1 aliphatic rings. The Morgan fingerprint density at radius 3 is 2.46 bits per heavy atom. The van der Waals surface area contributed by atoms with Crippen LogP contribution < -0.4 is 0 Å². The van der Waals surface area contributed by atoms with Gasteiger partial charge in [0.25, 0.3) is 15.9 Å². The van der Waals surface area contributed by atoms with Crippen molar-refractivity contribution in [1.82, 2.24) is 19.3 Å². The van der Waals surface area contributed by atoms with E-state index in [1.165, 1.54) is 10.4 Å². The molecular weight excluding hydrogens is 424 g/mol. The summed E-state index contributed by atoms with van der Waals surface area (Å²) in [4.78, 5) is 18.2. The van der Waals surface area contributed by atoms with Gasteiger partial charge in [-0.1, -0.05) is 16.8 Å². The lowest BCUT2D eigenvalue weighted by atomic mass is 10.2. The highest BCUT2D eigenvalue weighted by molar-refractivity contribution is 7.91. The number of rotatable bonds is 4. The van der Waals surface area contributed by atoms with Gasteiger partial charge in [-0.05, 0) is 24.3 Å². The number of pyridine rings is 1. The monoisotopic (exact) mass is 438 g/mol. The molecule has 0 bridgehead atoms. The largest absolute Gasteiger partial charge is 0.355 e. The van der Waals surface area contributed by atoms with Crippen molar-refractivity contribution in [1.29, 1.82) is 0 Å². The van der Waals surface area contributed by atoms with Gasteiger partial charge in [-0.15, -0.1) is 11.3 Å². The number of halogens is 1. The lowest BCUT2D eigenvalue weighted by Gasteiger charge is -2.33. The lowest BCUT2D eigenvalue weighted by Crippen LogP contribution is -2.50. The van der Waals surface area contributed by atoms with E-state index in [2.05, 4.69) is 10.1 Å². The van der Waals surface area contributed by atoms with Gasteiger partial charge in [0.05, 0.1) is 4.34 Å². The van der Waals surface area contributed by atoms with Crippen molar-refractivity contribution in [3.8, 4) is 11.3 Å². The first-order chi connectivity index (χ1) is 13.4. The predicted molar refractivity (Wildman–Crippen MR) is 104 cm³/mol. The topological polar surface area (TPSA) is 96.6 Å². The molecule has 3 aromatic rings. The van der Waals surface area contributed by atoms with E-state index < -0.39 is 10.0 Å². The zero-order chi connectivity index (χ0) is 19.7. The molecule has 0 aliphatic carbocycles. The second-order valence-corrected chi connectivity index (χ2v) is 9.95. The number of piperazine rings is 1. The maximum absolute atomic E-state index is 12.7. The van der Waals surface area contributed by atoms with E-state index in [0.717, 1.165) is 16.9 Å². The molecule has 0 aromatic carbocycles. The Bertz CT molecular complexity index is 1090. The number of sulfonamides is 1. The van der Waals surface area contributed by atoms with Crippen LogP contribution in [-0.2, 0) is 10.0 Å². The van der Waals surface area contributed by atoms with Gasteiger partial charge in [0, 0.05) is 50.2 Å². The summed E-state index contributed by atoms with van der Waals surface area (Å²) in [6.45, 7) is 0.959. The maximum Gasteiger partial charge on any atom is 0.276 e. The normalized spacial score (nSPS) is 15.7. The number of hydrogen-bond donors (Lipinski definition) is 0. The van der Waals surface area contributed by atoms with E-state index >= 15 is 0 Å². The second-order valence-electron chi connectivity index (χ2n) is 6.07. The third kappa shape index (κ3) is 3.68. The minimum absolute atomic E-state index is 0.188. The summed E-state index contributed by atoms with van der Waals surface area (Å²) in [5.41, 5.74) is 0.959. The van der Waals surface area contributed by atoms with Crippen molar-refractivity contribution in [3.05, 3.63) is 52.8 Å². The van der Waals surface area contributed by atoms with E-state index in [9.17, 15) is 13.2 Å². The second kappa shape index (κ2) is 7.63. The summed E-state index contributed by atoms with van der Waals surface area (Å²) in [6, 6.07) is 8.15. The molecule has 0 spiro atoms. The molecule has 0 unspecified atom stereocenters. The number of carbonyl (C=O) groups excluding carboxylic acids is 1. The van der Waals surface area contributed by atoms with E-state index in [1.807, 2.05) is 0 Å². The highest BCUT2D eigenvalue weighted by Gasteiger charge is 2.32. The Morgan fingerprint density at radius 1 is 1.11 bits per heavy atom. The molecule has 11 heteroatoms. The van der Waals surface area contributed by atoms with Crippen molar-refractivity contribution in [3.63, 3.8) is 0 Å². The fourth-order valence-electron chi connectivity index (χ4n) is 2.89. The molecule has 0 saturated carbocycles. The molecule has 1 aliphatic heterocycles. The van der Waals surface area contributed by atoms with Gasteiger partial charge in [0.15, 0.2) is 11.5 Å². The van der Waals surface area contributed by atoms with Crippen molar-refractivity contribution in [2.45, 2.75) is 4.21 Å². The van der Waals surface area contributed by atoms with Crippen molar-refractivity contribution >= 4 is 38.9 Å². The molecule has 1 fully saturated rings. The Hall–Kier alpha value is -2.27. The zero-order valence-electron chi connectivity index (χ0n) is 14.5. The molecule has 0 N–H and O–H groups in total. The fraction of sp³-hybridized carbons (Fsp3) is 0.235. The van der Waals surface area contributed by atoms with Crippen molar-refractivity contribution in [2.75, 3.05) is 26.2 Å². The fourth-order valence-corrected chi connectivity index (χ4v) is 5.94. The number of nitrogens with zero attached hydrogens (tertiary/aromatic N) is 4. The highest BCUT2D eigenvalue weighted by Crippen LogP contribution is 2.29. The molecule has 1 saturated heterocycles. The van der Waals surface area contributed by atoms with Crippen LogP contribution >= 0.6 is 22.9 Å². The van der Waals surface area contributed by atoms with E-state index in [4.69, 9.17) is 16.1 Å². The van der Waals surface area contributed by atoms with Crippen LogP contribution in [0, 0.1) is 0 Å². The molecule has 3 aromatic heterocycles. The molecule has 28 heavy (non-hydrogen) atoms. The third-order valence-electron chi connectivity index (χ3n) is 4.36. The summed E-state index contributed by atoms with van der Waals surface area (Å²) in [7, 11) is -3.60. The molecule has 8 nitrogen and oxygen atoms in total. The van der Waals surface area contributed by atoms with Crippen LogP contribution in [0.25, 0.3) is 11.3 Å². The van der Waals surface area contributed by atoms with Crippen LogP contribution in [0.15, 0.2) is 51.5 Å². The van der Waals surface area contributed by atoms with Crippen LogP contribution in [0.5, 0.6) is 0 Å². The summed E-state index contributed by atoms with van der Waals surface area (Å²) in [5.74, 6) is 0.182. The predicted octanol–water partition coefficient (Wildman–Crippen LogP) is 2.60. The lowest BCUT2D eigenvalue weighted by molar-refractivity contribution is 0.0687. The van der Waals surface area contributed by atoms with Gasteiger partial charge >= 0.3 is 0 Å². The van der Waals surface area contributed by atoms with E-state index in [1.54, 1.807) is 41.6 Å². The molecule has 146 valence electrons. The summed E-state index contributed by atoms with van der Waals surface area (Å²) < 4.78 is 32.5. The molecule has 0 atom stereocenters. The average molecular weight is 439 g/mol. The quantitative estimate of drug-likeness (QED) is 0.621. The Balaban J connectivity index is 1.43. The first-order valence-electron chi connectivity index (χ1n) is 8.37. The zero-order valence-corrected chi connectivity index (χ0v) is 16.9. The number of hydrogen-bond acceptors (Lipinski definition) is 7. The molecule has 4 rings (SSSR count). The Labute approximate surface area is 170 Å². The number of aromatic nitrogens is 2. The highest BCUT2D eigenvalue weighted by atomic mass is 35.5. The molecule has 4 heterocycles. The van der Waals surface area contributed by atoms with Crippen LogP contribution in [-0.4, -0.2) is 59.8 Å². The summed E-state index contributed by atoms with van der Waals surface area (Å²) >= 11 is 6.87. The van der Waals surface area contributed by atoms with Gasteiger partial charge in [0.1, 0.15) is 4.21 Å². The van der Waals surface area contributed by atoms with Crippen molar-refractivity contribution in [2.24, 2.45) is 0 Å². The Kier molecular flexibility index (Phi) is 5.19. The smallest absolute Gasteiger partial charge is 0.276 e. The Morgan fingerprint density at radius 2 is 1.82 bits per heavy atom. The number of amides is 1. The van der Waals surface area contributed by atoms with Crippen LogP contribution in [0.4, 0.5) is 0 Å². The van der Waals surface area contributed by atoms with Gasteiger partial charge in [-0.2, -0.15) is 4.31 Å². The van der Waals surface area contributed by atoms with Gasteiger partial charge in [-0.25, -0.2) is 8.42 Å². The summed E-state index contributed by atoms with van der Waals surface area (Å²) in [6.07, 6.45) is 3.25. The standard InChI is InChI=1S/C17H15ClN4O4S2/c18-15-1-2-16(27-15)28(24,25)22-9-7-21(8-10-22)17(23)13-11-14(26-20-13)12-3-5-19-6-4-12/h1-6,11H,7-10H2. The molecule has 0 radical (unpaired) electrons. The minimum Gasteiger partial charge on any atom is -0.355 e. The van der Waals surface area contributed by atoms with Crippen molar-refractivity contribution < 1.29 is 17.7 Å². The van der Waals surface area contributed by atoms with Crippen LogP contribution in [0.1, 0.15) is 10.5 Å². The third-order valence-corrected chi connectivity index (χ3v) is 7.96. The maximum atomic E-state index is 12.7. The number of carbonyl (C=O) groups is 1. The molecular formula is C17H15ClN4O4S2. The van der Waals surface area contributed by atoms with Gasteiger partial charge < -0.3 is 9.42 Å². The van der Waals surface area contributed by atoms with Crippen LogP contribution in [0.3, 0.4) is 0 Å². The first kappa shape index (κ1) is 19.1. The summed E-state index contributed by atoms with van der Waals surface area (Å²) in [5, 5.41) is 3.85. The van der Waals surface area contributed by atoms with Gasteiger partial charge in [0.2, 0.25) is 0 Å². The first-order valence-corrected chi connectivity index (χ1v) is 11.0. The van der Waals surface area contributed by atoms with Crippen LogP contribution in [0.2, 0.25) is 4.34 Å². The minimum atomic E-state index is -3.60. The van der Waals surface area contributed by atoms with E-state index in [-0.39, 0.29) is 42.0 Å². The average Bonchev–Trinajstić information content (AvgIpc) is 3.38.